The van der Waals surface area contributed by atoms with Gasteiger partial charge in [-0.05, 0) is 25.4 Å². The van der Waals surface area contributed by atoms with Crippen LogP contribution in [0.15, 0.2) is 24.3 Å². The minimum atomic E-state index is -1.62. The molecular weight excluding hydrogens is 205 g/mol. The van der Waals surface area contributed by atoms with Crippen LogP contribution in [-0.2, 0) is 0 Å². The predicted molar refractivity (Wildman–Crippen MR) is 63.5 cm³/mol. The molecule has 0 heterocycles. The summed E-state index contributed by atoms with van der Waals surface area (Å²) in [7, 11) is 0.0637. The fourth-order valence-electron chi connectivity index (χ4n) is 1.34. The third kappa shape index (κ3) is 2.62. The van der Waals surface area contributed by atoms with E-state index in [-0.39, 0.29) is 17.4 Å². The first-order valence-corrected chi connectivity index (χ1v) is 5.17. The van der Waals surface area contributed by atoms with E-state index < -0.39 is 7.12 Å². The Morgan fingerprint density at radius 3 is 2.38 bits per heavy atom. The molecule has 2 N–H and O–H groups in total. The molecule has 0 aliphatic rings. The molecule has 0 saturated carbocycles. The van der Waals surface area contributed by atoms with Gasteiger partial charge in [0.1, 0.15) is 0 Å². The highest BCUT2D eigenvalue weighted by molar-refractivity contribution is 6.60. The first kappa shape index (κ1) is 12.7. The molecule has 1 rings (SSSR count). The Bertz CT molecular complexity index is 379. The molecule has 1 aromatic carbocycles. The van der Waals surface area contributed by atoms with Crippen LogP contribution in [0.25, 0.3) is 0 Å². The summed E-state index contributed by atoms with van der Waals surface area (Å²) in [5, 5.41) is 18.3. The van der Waals surface area contributed by atoms with Gasteiger partial charge in [-0.2, -0.15) is 0 Å². The smallest absolute Gasteiger partial charge is 0.423 e. The fraction of sp³-hybridized carbons (Fsp3) is 0.364. The molecule has 0 radical (unpaired) electrons. The van der Waals surface area contributed by atoms with E-state index in [1.807, 2.05) is 13.8 Å². The van der Waals surface area contributed by atoms with Gasteiger partial charge in [-0.25, -0.2) is 0 Å². The lowest BCUT2D eigenvalue weighted by Gasteiger charge is -2.22. The molecule has 5 heteroatoms. The summed E-state index contributed by atoms with van der Waals surface area (Å²) >= 11 is 0. The van der Waals surface area contributed by atoms with Crippen LogP contribution in [0, 0.1) is 0 Å². The van der Waals surface area contributed by atoms with Crippen molar-refractivity contribution in [3.8, 4) is 0 Å². The van der Waals surface area contributed by atoms with Gasteiger partial charge < -0.3 is 14.9 Å². The molecule has 0 saturated heterocycles. The fourth-order valence-corrected chi connectivity index (χ4v) is 1.34. The Morgan fingerprint density at radius 2 is 1.88 bits per heavy atom. The molecule has 0 bridgehead atoms. The molecule has 1 amide bonds. The average Bonchev–Trinajstić information content (AvgIpc) is 2.26. The second-order valence-electron chi connectivity index (χ2n) is 3.97. The Labute approximate surface area is 95.7 Å². The van der Waals surface area contributed by atoms with Crippen molar-refractivity contribution in [1.82, 2.24) is 4.90 Å². The van der Waals surface area contributed by atoms with E-state index in [0.29, 0.717) is 5.56 Å². The Kier molecular flexibility index (Phi) is 4.09. The van der Waals surface area contributed by atoms with Crippen LogP contribution in [0.4, 0.5) is 0 Å². The number of benzene rings is 1. The van der Waals surface area contributed by atoms with Crippen molar-refractivity contribution in [3.63, 3.8) is 0 Å². The summed E-state index contributed by atoms with van der Waals surface area (Å²) in [5.74, 6) is -0.210. The summed E-state index contributed by atoms with van der Waals surface area (Å²) < 4.78 is 0. The highest BCUT2D eigenvalue weighted by atomic mass is 16.4. The summed E-state index contributed by atoms with van der Waals surface area (Å²) in [5.41, 5.74) is 0.564. The van der Waals surface area contributed by atoms with Crippen LogP contribution >= 0.6 is 0 Å². The predicted octanol–water partition coefficient (Wildman–Crippen LogP) is -0.153. The number of hydrogen-bond donors (Lipinski definition) is 2. The summed E-state index contributed by atoms with van der Waals surface area (Å²) in [6.07, 6.45) is 0. The molecule has 0 spiro atoms. The molecular formula is C11H16BNO3. The highest BCUT2D eigenvalue weighted by Crippen LogP contribution is 2.04. The van der Waals surface area contributed by atoms with Crippen molar-refractivity contribution in [2.24, 2.45) is 0 Å². The number of carbonyl (C=O) groups excluding carboxylic acids is 1. The first-order valence-electron chi connectivity index (χ1n) is 5.17. The quantitative estimate of drug-likeness (QED) is 0.697. The second kappa shape index (κ2) is 5.14. The zero-order valence-electron chi connectivity index (χ0n) is 9.71. The Hall–Kier alpha value is -1.33. The zero-order chi connectivity index (χ0) is 12.3. The molecule has 4 nitrogen and oxygen atoms in total. The van der Waals surface area contributed by atoms with E-state index in [1.54, 1.807) is 30.1 Å². The molecule has 0 fully saturated rings. The van der Waals surface area contributed by atoms with Crippen molar-refractivity contribution in [2.45, 2.75) is 19.9 Å². The maximum absolute atomic E-state index is 12.0. The van der Waals surface area contributed by atoms with Gasteiger partial charge in [-0.3, -0.25) is 4.79 Å². The lowest BCUT2D eigenvalue weighted by Crippen LogP contribution is -2.40. The Balaban J connectivity index is 3.08. The normalized spacial score (nSPS) is 10.4. The van der Waals surface area contributed by atoms with Gasteiger partial charge in [0.2, 0.25) is 0 Å². The second-order valence-corrected chi connectivity index (χ2v) is 3.97. The molecule has 16 heavy (non-hydrogen) atoms. The molecule has 0 aromatic heterocycles. The van der Waals surface area contributed by atoms with E-state index in [9.17, 15) is 4.79 Å². The van der Waals surface area contributed by atoms with Gasteiger partial charge in [0.25, 0.3) is 5.91 Å². The molecule has 0 aliphatic heterocycles. The van der Waals surface area contributed by atoms with Crippen LogP contribution < -0.4 is 5.46 Å². The maximum atomic E-state index is 12.0. The molecule has 0 atom stereocenters. The van der Waals surface area contributed by atoms with Crippen molar-refractivity contribution in [3.05, 3.63) is 29.8 Å². The van der Waals surface area contributed by atoms with Crippen molar-refractivity contribution in [2.75, 3.05) is 7.05 Å². The van der Waals surface area contributed by atoms with Crippen LogP contribution in [0.2, 0.25) is 0 Å². The van der Waals surface area contributed by atoms with Crippen molar-refractivity contribution in [1.29, 1.82) is 0 Å². The number of rotatable bonds is 3. The Morgan fingerprint density at radius 1 is 1.31 bits per heavy atom. The van der Waals surface area contributed by atoms with E-state index in [2.05, 4.69) is 0 Å². The van der Waals surface area contributed by atoms with E-state index in [4.69, 9.17) is 10.0 Å². The van der Waals surface area contributed by atoms with E-state index >= 15 is 0 Å². The highest BCUT2D eigenvalue weighted by Gasteiger charge is 2.22. The topological polar surface area (TPSA) is 60.8 Å². The first-order chi connectivity index (χ1) is 7.45. The maximum Gasteiger partial charge on any atom is 0.489 e. The third-order valence-corrected chi connectivity index (χ3v) is 2.56. The van der Waals surface area contributed by atoms with Gasteiger partial charge in [0.05, 0.1) is 0 Å². The van der Waals surface area contributed by atoms with E-state index in [0.717, 1.165) is 0 Å². The van der Waals surface area contributed by atoms with Crippen LogP contribution in [0.3, 0.4) is 0 Å². The van der Waals surface area contributed by atoms with Gasteiger partial charge in [-0.1, -0.05) is 18.2 Å². The van der Waals surface area contributed by atoms with Gasteiger partial charge in [0, 0.05) is 18.7 Å². The number of carbonyl (C=O) groups is 1. The monoisotopic (exact) mass is 221 g/mol. The summed E-state index contributed by atoms with van der Waals surface area (Å²) in [6.45, 7) is 3.80. The van der Waals surface area contributed by atoms with Crippen LogP contribution in [0.5, 0.6) is 0 Å². The lowest BCUT2D eigenvalue weighted by atomic mass is 9.76. The minimum Gasteiger partial charge on any atom is -0.423 e. The lowest BCUT2D eigenvalue weighted by molar-refractivity contribution is 0.0756. The molecule has 0 aliphatic carbocycles. The largest absolute Gasteiger partial charge is 0.489 e. The van der Waals surface area contributed by atoms with Gasteiger partial charge in [-0.15, -0.1) is 0 Å². The molecule has 1 aromatic rings. The standard InChI is InChI=1S/C11H16BNO3/c1-8(2)13(3)11(14)9-6-4-5-7-10(9)12(15)16/h4-8,15-16H,1-3H3. The SMILES string of the molecule is CC(C)N(C)C(=O)c1ccccc1B(O)O. The molecule has 86 valence electrons. The number of nitrogens with zero attached hydrogens (tertiary/aromatic N) is 1. The van der Waals surface area contributed by atoms with Crippen molar-refractivity contribution < 1.29 is 14.8 Å². The van der Waals surface area contributed by atoms with Crippen molar-refractivity contribution >= 4 is 18.5 Å². The van der Waals surface area contributed by atoms with Gasteiger partial charge >= 0.3 is 7.12 Å². The van der Waals surface area contributed by atoms with Gasteiger partial charge in [0.15, 0.2) is 0 Å². The minimum absolute atomic E-state index is 0.0661. The number of hydrogen-bond acceptors (Lipinski definition) is 3. The van der Waals surface area contributed by atoms with Crippen LogP contribution in [-0.4, -0.2) is 41.1 Å². The molecule has 0 unspecified atom stereocenters. The van der Waals surface area contributed by atoms with Crippen LogP contribution in [0.1, 0.15) is 24.2 Å². The summed E-state index contributed by atoms with van der Waals surface area (Å²) in [4.78, 5) is 13.6. The average molecular weight is 221 g/mol. The number of amides is 1. The third-order valence-electron chi connectivity index (χ3n) is 2.56. The summed E-state index contributed by atoms with van der Waals surface area (Å²) in [6, 6.07) is 6.56. The zero-order valence-corrected chi connectivity index (χ0v) is 9.71. The van der Waals surface area contributed by atoms with E-state index in [1.165, 1.54) is 6.07 Å².